The molecule has 0 aliphatic carbocycles. The zero-order valence-corrected chi connectivity index (χ0v) is 12.1. The first-order chi connectivity index (χ1) is 9.20. The summed E-state index contributed by atoms with van der Waals surface area (Å²) in [6.07, 6.45) is 0. The molecular weight excluding hydrogens is 276 g/mol. The predicted molar refractivity (Wildman–Crippen MR) is 77.7 cm³/mol. The van der Waals surface area contributed by atoms with E-state index >= 15 is 0 Å². The second-order valence-corrected chi connectivity index (χ2v) is 6.24. The first-order valence-corrected chi connectivity index (χ1v) is 7.72. The molecule has 0 heterocycles. The van der Waals surface area contributed by atoms with E-state index in [1.54, 1.807) is 30.0 Å². The third-order valence-corrected chi connectivity index (χ3v) is 4.45. The van der Waals surface area contributed by atoms with Gasteiger partial charge < -0.3 is 9.90 Å². The van der Waals surface area contributed by atoms with Crippen molar-refractivity contribution in [2.24, 2.45) is 0 Å². The topological polar surface area (TPSA) is 40.1 Å². The number of thioether (sulfide) groups is 1. The molecule has 0 amide bonds. The molecule has 2 aromatic carbocycles. The largest absolute Gasteiger partial charge is 0.545 e. The monoisotopic (exact) mass is 289 g/mol. The quantitative estimate of drug-likeness (QED) is 0.792. The third-order valence-electron chi connectivity index (χ3n) is 2.47. The van der Waals surface area contributed by atoms with E-state index in [0.717, 1.165) is 10.6 Å². The summed E-state index contributed by atoms with van der Waals surface area (Å²) in [6.45, 7) is 2.11. The van der Waals surface area contributed by atoms with E-state index in [9.17, 15) is 9.90 Å². The van der Waals surface area contributed by atoms with E-state index in [1.807, 2.05) is 18.2 Å². The van der Waals surface area contributed by atoms with Crippen LogP contribution in [-0.4, -0.2) is 11.7 Å². The molecular formula is C15H13O2S2-. The SMILES string of the molecule is CCSc1ccc(Sc2ccccc2C(=O)[O-])cc1. The van der Waals surface area contributed by atoms with Crippen LogP contribution in [0.15, 0.2) is 63.2 Å². The molecule has 98 valence electrons. The van der Waals surface area contributed by atoms with Gasteiger partial charge in [-0.3, -0.25) is 0 Å². The highest BCUT2D eigenvalue weighted by molar-refractivity contribution is 7.99. The van der Waals surface area contributed by atoms with Gasteiger partial charge in [-0.25, -0.2) is 0 Å². The van der Waals surface area contributed by atoms with Crippen LogP contribution in [-0.2, 0) is 0 Å². The molecule has 0 N–H and O–H groups in total. The smallest absolute Gasteiger partial charge is 0.0726 e. The summed E-state index contributed by atoms with van der Waals surface area (Å²) in [7, 11) is 0. The van der Waals surface area contributed by atoms with Gasteiger partial charge in [0, 0.05) is 20.2 Å². The van der Waals surface area contributed by atoms with Gasteiger partial charge in [-0.15, -0.1) is 11.8 Å². The molecule has 19 heavy (non-hydrogen) atoms. The molecule has 0 saturated carbocycles. The number of carbonyl (C=O) groups excluding carboxylic acids is 1. The minimum absolute atomic E-state index is 0.236. The Balaban J connectivity index is 2.19. The van der Waals surface area contributed by atoms with Crippen molar-refractivity contribution in [1.29, 1.82) is 0 Å². The summed E-state index contributed by atoms with van der Waals surface area (Å²) in [5, 5.41) is 11.0. The molecule has 0 saturated heterocycles. The van der Waals surface area contributed by atoms with Gasteiger partial charge in [0.2, 0.25) is 0 Å². The minimum Gasteiger partial charge on any atom is -0.545 e. The molecule has 0 atom stereocenters. The summed E-state index contributed by atoms with van der Waals surface area (Å²) in [6, 6.07) is 15.0. The molecule has 0 unspecified atom stereocenters. The summed E-state index contributed by atoms with van der Waals surface area (Å²) in [5.41, 5.74) is 0.236. The van der Waals surface area contributed by atoms with Crippen LogP contribution in [0.1, 0.15) is 17.3 Å². The van der Waals surface area contributed by atoms with Gasteiger partial charge in [-0.2, -0.15) is 0 Å². The lowest BCUT2D eigenvalue weighted by Crippen LogP contribution is -2.22. The zero-order chi connectivity index (χ0) is 13.7. The van der Waals surface area contributed by atoms with Gasteiger partial charge in [0.05, 0.1) is 5.97 Å². The van der Waals surface area contributed by atoms with Crippen LogP contribution in [0.2, 0.25) is 0 Å². The van der Waals surface area contributed by atoms with Crippen LogP contribution in [0.5, 0.6) is 0 Å². The zero-order valence-electron chi connectivity index (χ0n) is 10.5. The van der Waals surface area contributed by atoms with Gasteiger partial charge in [0.15, 0.2) is 0 Å². The molecule has 2 nitrogen and oxygen atoms in total. The van der Waals surface area contributed by atoms with Crippen molar-refractivity contribution in [1.82, 2.24) is 0 Å². The van der Waals surface area contributed by atoms with Crippen molar-refractivity contribution in [2.45, 2.75) is 21.6 Å². The maximum atomic E-state index is 11.0. The molecule has 0 bridgehead atoms. The summed E-state index contributed by atoms with van der Waals surface area (Å²) in [5.74, 6) is -0.0961. The van der Waals surface area contributed by atoms with Crippen LogP contribution in [0.3, 0.4) is 0 Å². The number of carbonyl (C=O) groups is 1. The average Bonchev–Trinajstić information content (AvgIpc) is 2.42. The van der Waals surface area contributed by atoms with Crippen LogP contribution in [0, 0.1) is 0 Å². The van der Waals surface area contributed by atoms with E-state index < -0.39 is 5.97 Å². The van der Waals surface area contributed by atoms with Gasteiger partial charge >= 0.3 is 0 Å². The van der Waals surface area contributed by atoms with E-state index in [4.69, 9.17) is 0 Å². The van der Waals surface area contributed by atoms with Crippen LogP contribution in [0.4, 0.5) is 0 Å². The van der Waals surface area contributed by atoms with E-state index in [0.29, 0.717) is 4.90 Å². The van der Waals surface area contributed by atoms with Crippen molar-refractivity contribution in [3.63, 3.8) is 0 Å². The van der Waals surface area contributed by atoms with E-state index in [-0.39, 0.29) is 5.56 Å². The fourth-order valence-corrected chi connectivity index (χ4v) is 3.22. The standard InChI is InChI=1S/C15H14O2S2/c1-2-18-11-7-9-12(10-8-11)19-14-6-4-3-5-13(14)15(16)17/h3-10H,2H2,1H3,(H,16,17)/p-1. The normalized spacial score (nSPS) is 10.4. The number of hydrogen-bond acceptors (Lipinski definition) is 4. The Morgan fingerprint density at radius 2 is 1.68 bits per heavy atom. The molecule has 4 heteroatoms. The van der Waals surface area contributed by atoms with Crippen molar-refractivity contribution >= 4 is 29.5 Å². The molecule has 0 aliphatic rings. The Morgan fingerprint density at radius 1 is 1.05 bits per heavy atom. The maximum Gasteiger partial charge on any atom is 0.0726 e. The fourth-order valence-electron chi connectivity index (χ4n) is 1.62. The third kappa shape index (κ3) is 3.78. The Kier molecular flexibility index (Phi) is 4.93. The summed E-state index contributed by atoms with van der Waals surface area (Å²) in [4.78, 5) is 14.0. The van der Waals surface area contributed by atoms with Gasteiger partial charge in [0.25, 0.3) is 0 Å². The highest BCUT2D eigenvalue weighted by atomic mass is 32.2. The number of carboxylic acid groups (broad SMARTS) is 1. The number of aromatic carboxylic acids is 1. The second kappa shape index (κ2) is 6.68. The number of benzene rings is 2. The number of carboxylic acids is 1. The van der Waals surface area contributed by atoms with Gasteiger partial charge in [0.1, 0.15) is 0 Å². The Hall–Kier alpha value is -1.39. The molecule has 2 rings (SSSR count). The van der Waals surface area contributed by atoms with Crippen LogP contribution < -0.4 is 5.11 Å². The Bertz CT molecular complexity index is 565. The number of hydrogen-bond donors (Lipinski definition) is 0. The molecule has 0 spiro atoms. The fraction of sp³-hybridized carbons (Fsp3) is 0.133. The summed E-state index contributed by atoms with van der Waals surface area (Å²) >= 11 is 3.22. The molecule has 2 aromatic rings. The van der Waals surface area contributed by atoms with Crippen LogP contribution >= 0.6 is 23.5 Å². The Morgan fingerprint density at radius 3 is 2.32 bits per heavy atom. The van der Waals surface area contributed by atoms with E-state index in [2.05, 4.69) is 19.1 Å². The van der Waals surface area contributed by atoms with E-state index in [1.165, 1.54) is 16.7 Å². The van der Waals surface area contributed by atoms with Crippen molar-refractivity contribution in [2.75, 3.05) is 5.75 Å². The highest BCUT2D eigenvalue weighted by Crippen LogP contribution is 2.31. The van der Waals surface area contributed by atoms with Crippen molar-refractivity contribution < 1.29 is 9.90 Å². The first kappa shape index (κ1) is 14.0. The lowest BCUT2D eigenvalue weighted by Gasteiger charge is -2.09. The van der Waals surface area contributed by atoms with Crippen molar-refractivity contribution in [3.8, 4) is 0 Å². The first-order valence-electron chi connectivity index (χ1n) is 5.92. The van der Waals surface area contributed by atoms with Crippen molar-refractivity contribution in [3.05, 3.63) is 54.1 Å². The average molecular weight is 289 g/mol. The molecule has 0 aliphatic heterocycles. The Labute approximate surface area is 121 Å². The minimum atomic E-state index is -1.14. The van der Waals surface area contributed by atoms with Gasteiger partial charge in [-0.1, -0.05) is 36.9 Å². The molecule has 0 aromatic heterocycles. The van der Waals surface area contributed by atoms with Gasteiger partial charge in [-0.05, 0) is 36.1 Å². The lowest BCUT2D eigenvalue weighted by molar-refractivity contribution is -0.255. The molecule has 0 fully saturated rings. The van der Waals surface area contributed by atoms with Crippen LogP contribution in [0.25, 0.3) is 0 Å². The second-order valence-electron chi connectivity index (χ2n) is 3.79. The number of rotatable bonds is 5. The lowest BCUT2D eigenvalue weighted by atomic mass is 10.2. The molecule has 0 radical (unpaired) electrons. The predicted octanol–water partition coefficient (Wildman–Crippen LogP) is 3.31. The highest BCUT2D eigenvalue weighted by Gasteiger charge is 2.04. The summed E-state index contributed by atoms with van der Waals surface area (Å²) < 4.78 is 0. The maximum absolute atomic E-state index is 11.0.